The van der Waals surface area contributed by atoms with Crippen LogP contribution in [0.4, 0.5) is 13.2 Å². The second-order valence-electron chi connectivity index (χ2n) is 5.46. The maximum Gasteiger partial charge on any atom is 0.389 e. The summed E-state index contributed by atoms with van der Waals surface area (Å²) in [5, 5.41) is 0. The van der Waals surface area contributed by atoms with Crippen LogP contribution in [-0.2, 0) is 11.2 Å². The minimum Gasteiger partial charge on any atom is -0.358 e. The van der Waals surface area contributed by atoms with Crippen molar-refractivity contribution in [3.05, 3.63) is 17.8 Å². The Labute approximate surface area is 125 Å². The Hall–Kier alpha value is -1.70. The van der Waals surface area contributed by atoms with E-state index >= 15 is 0 Å². The van der Waals surface area contributed by atoms with E-state index in [2.05, 4.69) is 15.0 Å². The van der Waals surface area contributed by atoms with Crippen LogP contribution in [0.1, 0.15) is 43.4 Å². The summed E-state index contributed by atoms with van der Waals surface area (Å²) in [5.41, 5.74) is 1.33. The van der Waals surface area contributed by atoms with Crippen LogP contribution in [0.3, 0.4) is 0 Å². The molecule has 120 valence electrons. The molecule has 1 unspecified atom stereocenters. The van der Waals surface area contributed by atoms with E-state index < -0.39 is 12.6 Å². The molecule has 5 nitrogen and oxygen atoms in total. The lowest BCUT2D eigenvalue weighted by Crippen LogP contribution is -2.19. The van der Waals surface area contributed by atoms with Gasteiger partial charge in [-0.3, -0.25) is 4.57 Å². The van der Waals surface area contributed by atoms with Crippen molar-refractivity contribution in [3.63, 3.8) is 0 Å². The molecule has 0 radical (unpaired) electrons. The van der Waals surface area contributed by atoms with Gasteiger partial charge in [-0.25, -0.2) is 15.0 Å². The molecular formula is C14H17F3N4O. The van der Waals surface area contributed by atoms with Crippen LogP contribution in [-0.4, -0.2) is 32.3 Å². The minimum absolute atomic E-state index is 0.149. The molecular weight excluding hydrogens is 297 g/mol. The van der Waals surface area contributed by atoms with Crippen LogP contribution in [0.5, 0.6) is 0 Å². The molecule has 1 aliphatic rings. The van der Waals surface area contributed by atoms with Gasteiger partial charge in [0.25, 0.3) is 0 Å². The second kappa shape index (κ2) is 5.83. The van der Waals surface area contributed by atoms with Gasteiger partial charge >= 0.3 is 6.18 Å². The van der Waals surface area contributed by atoms with Gasteiger partial charge in [0, 0.05) is 19.4 Å². The molecule has 1 aliphatic heterocycles. The monoisotopic (exact) mass is 314 g/mol. The highest BCUT2D eigenvalue weighted by molar-refractivity contribution is 5.74. The van der Waals surface area contributed by atoms with Crippen molar-refractivity contribution in [2.75, 3.05) is 6.61 Å². The number of fused-ring (bicyclic) bond motifs is 1. The van der Waals surface area contributed by atoms with Crippen molar-refractivity contribution in [3.8, 4) is 0 Å². The lowest BCUT2D eigenvalue weighted by molar-refractivity contribution is -0.134. The lowest BCUT2D eigenvalue weighted by Gasteiger charge is -2.24. The van der Waals surface area contributed by atoms with E-state index in [0.29, 0.717) is 29.3 Å². The molecule has 0 saturated carbocycles. The predicted molar refractivity (Wildman–Crippen MR) is 73.3 cm³/mol. The van der Waals surface area contributed by atoms with Crippen molar-refractivity contribution in [1.82, 2.24) is 19.5 Å². The van der Waals surface area contributed by atoms with E-state index in [1.54, 1.807) is 0 Å². The molecule has 1 saturated heterocycles. The van der Waals surface area contributed by atoms with Crippen LogP contribution in [0.25, 0.3) is 11.2 Å². The Kier molecular flexibility index (Phi) is 4.03. The van der Waals surface area contributed by atoms with Gasteiger partial charge in [0.15, 0.2) is 5.65 Å². The molecule has 3 rings (SSSR count). The number of alkyl halides is 3. The summed E-state index contributed by atoms with van der Waals surface area (Å²) in [5.74, 6) is 0.690. The van der Waals surface area contributed by atoms with Crippen molar-refractivity contribution in [2.24, 2.45) is 0 Å². The molecule has 1 fully saturated rings. The van der Waals surface area contributed by atoms with Gasteiger partial charge in [0.2, 0.25) is 0 Å². The number of halogens is 3. The Bertz CT molecular complexity index is 662. The fourth-order valence-corrected chi connectivity index (χ4v) is 2.78. The van der Waals surface area contributed by atoms with Crippen LogP contribution in [0, 0.1) is 6.92 Å². The highest BCUT2D eigenvalue weighted by atomic mass is 19.4. The molecule has 2 aromatic heterocycles. The Morgan fingerprint density at radius 2 is 2.14 bits per heavy atom. The predicted octanol–water partition coefficient (Wildman–Crippen LogP) is 3.33. The first-order chi connectivity index (χ1) is 10.5. The number of hydrogen-bond donors (Lipinski definition) is 0. The van der Waals surface area contributed by atoms with Crippen molar-refractivity contribution >= 4 is 11.2 Å². The molecule has 0 aromatic carbocycles. The van der Waals surface area contributed by atoms with E-state index in [1.807, 2.05) is 11.5 Å². The van der Waals surface area contributed by atoms with Gasteiger partial charge in [-0.05, 0) is 26.2 Å². The molecule has 0 N–H and O–H groups in total. The molecule has 2 aromatic rings. The zero-order valence-corrected chi connectivity index (χ0v) is 12.2. The fraction of sp³-hybridized carbons (Fsp3) is 0.643. The smallest absolute Gasteiger partial charge is 0.358 e. The summed E-state index contributed by atoms with van der Waals surface area (Å²) in [4.78, 5) is 12.6. The fourth-order valence-electron chi connectivity index (χ4n) is 2.78. The highest BCUT2D eigenvalue weighted by Crippen LogP contribution is 2.29. The van der Waals surface area contributed by atoms with E-state index in [9.17, 15) is 13.2 Å². The Balaban J connectivity index is 1.96. The molecule has 3 heterocycles. The molecule has 8 heteroatoms. The number of nitrogens with zero attached hydrogens (tertiary/aromatic N) is 4. The van der Waals surface area contributed by atoms with E-state index in [1.165, 1.54) is 6.33 Å². The molecule has 0 spiro atoms. The summed E-state index contributed by atoms with van der Waals surface area (Å²) < 4.78 is 44.9. The van der Waals surface area contributed by atoms with E-state index in [0.717, 1.165) is 19.3 Å². The van der Waals surface area contributed by atoms with Crippen LogP contribution in [0.2, 0.25) is 0 Å². The zero-order chi connectivity index (χ0) is 15.7. The SMILES string of the molecule is Cc1nc2c(CCC(F)(F)F)ncnc2n1C1CCCCO1. The van der Waals surface area contributed by atoms with Gasteiger partial charge in [0.1, 0.15) is 23.9 Å². The third-order valence-electron chi connectivity index (χ3n) is 3.82. The number of aryl methyl sites for hydroxylation is 2. The van der Waals surface area contributed by atoms with Gasteiger partial charge < -0.3 is 4.74 Å². The molecule has 0 amide bonds. The summed E-state index contributed by atoms with van der Waals surface area (Å²) >= 11 is 0. The standard InChI is InChI=1S/C14H17F3N4O/c1-9-20-12-10(5-6-14(15,16)17)18-8-19-13(12)21(9)11-4-2-3-7-22-11/h8,11H,2-7H2,1H3. The number of hydrogen-bond acceptors (Lipinski definition) is 4. The highest BCUT2D eigenvalue weighted by Gasteiger charge is 2.28. The summed E-state index contributed by atoms with van der Waals surface area (Å²) in [6, 6.07) is 0. The summed E-state index contributed by atoms with van der Waals surface area (Å²) in [7, 11) is 0. The minimum atomic E-state index is -4.21. The largest absolute Gasteiger partial charge is 0.389 e. The van der Waals surface area contributed by atoms with Gasteiger partial charge in [0.05, 0.1) is 5.69 Å². The number of ether oxygens (including phenoxy) is 1. The molecule has 0 aliphatic carbocycles. The van der Waals surface area contributed by atoms with Crippen molar-refractivity contribution in [1.29, 1.82) is 0 Å². The first-order valence-corrected chi connectivity index (χ1v) is 7.32. The Morgan fingerprint density at radius 1 is 1.32 bits per heavy atom. The summed E-state index contributed by atoms with van der Waals surface area (Å²) in [6.45, 7) is 2.49. The second-order valence-corrected chi connectivity index (χ2v) is 5.46. The summed E-state index contributed by atoms with van der Waals surface area (Å²) in [6.07, 6.45) is -1.23. The maximum atomic E-state index is 12.4. The maximum absolute atomic E-state index is 12.4. The third-order valence-corrected chi connectivity index (χ3v) is 3.82. The third kappa shape index (κ3) is 3.06. The topological polar surface area (TPSA) is 52.8 Å². The molecule has 1 atom stereocenters. The normalized spacial score (nSPS) is 19.7. The average molecular weight is 314 g/mol. The van der Waals surface area contributed by atoms with Crippen molar-refractivity contribution in [2.45, 2.75) is 51.4 Å². The average Bonchev–Trinajstić information content (AvgIpc) is 2.81. The zero-order valence-electron chi connectivity index (χ0n) is 12.2. The Morgan fingerprint density at radius 3 is 2.82 bits per heavy atom. The first kappa shape index (κ1) is 15.2. The molecule has 22 heavy (non-hydrogen) atoms. The van der Waals surface area contributed by atoms with Crippen LogP contribution in [0.15, 0.2) is 6.33 Å². The van der Waals surface area contributed by atoms with Crippen LogP contribution >= 0.6 is 0 Å². The van der Waals surface area contributed by atoms with Crippen LogP contribution < -0.4 is 0 Å². The van der Waals surface area contributed by atoms with E-state index in [4.69, 9.17) is 4.74 Å². The van der Waals surface area contributed by atoms with Gasteiger partial charge in [-0.1, -0.05) is 0 Å². The lowest BCUT2D eigenvalue weighted by atomic mass is 10.2. The van der Waals surface area contributed by atoms with Crippen molar-refractivity contribution < 1.29 is 17.9 Å². The quantitative estimate of drug-likeness (QED) is 0.872. The van der Waals surface area contributed by atoms with E-state index in [-0.39, 0.29) is 12.6 Å². The van der Waals surface area contributed by atoms with Gasteiger partial charge in [-0.15, -0.1) is 0 Å². The number of aromatic nitrogens is 4. The number of rotatable bonds is 3. The molecule has 0 bridgehead atoms. The number of imidazole rings is 1. The van der Waals surface area contributed by atoms with Gasteiger partial charge in [-0.2, -0.15) is 13.2 Å². The first-order valence-electron chi connectivity index (χ1n) is 7.32.